The highest BCUT2D eigenvalue weighted by atomic mass is 28.3. The number of benzene rings is 1. The Morgan fingerprint density at radius 1 is 1.06 bits per heavy atom. The van der Waals surface area contributed by atoms with Gasteiger partial charge in [0.05, 0.1) is 14.2 Å². The van der Waals surface area contributed by atoms with Crippen molar-refractivity contribution in [2.45, 2.75) is 39.6 Å². The van der Waals surface area contributed by atoms with Crippen LogP contribution in [0.5, 0.6) is 5.75 Å². The highest BCUT2D eigenvalue weighted by Crippen LogP contribution is 2.21. The highest BCUT2D eigenvalue weighted by Gasteiger charge is 2.25. The van der Waals surface area contributed by atoms with E-state index in [1.165, 1.54) is 6.07 Å². The van der Waals surface area contributed by atoms with Gasteiger partial charge in [0.1, 0.15) is 0 Å². The quantitative estimate of drug-likeness (QED) is 0.741. The molecule has 4 heteroatoms. The third-order valence-corrected chi connectivity index (χ3v) is 4.22. The molecule has 0 saturated heterocycles. The summed E-state index contributed by atoms with van der Waals surface area (Å²) in [6.45, 7) is 9.50. The summed E-state index contributed by atoms with van der Waals surface area (Å²) < 4.78 is 32.7. The summed E-state index contributed by atoms with van der Waals surface area (Å²) in [5.74, 6) is -1.62. The Hall–Kier alpha value is -0.903. The average molecular weight is 244 g/mol. The fraction of sp³-hybridized carbons (Fsp3) is 0.500. The lowest BCUT2D eigenvalue weighted by Gasteiger charge is -2.19. The molecule has 0 heterocycles. The van der Waals surface area contributed by atoms with Crippen LogP contribution in [0.25, 0.3) is 0 Å². The van der Waals surface area contributed by atoms with Gasteiger partial charge in [-0.3, -0.25) is 0 Å². The molecule has 0 unspecified atom stereocenters. The van der Waals surface area contributed by atoms with E-state index in [-0.39, 0.29) is 11.9 Å². The van der Waals surface area contributed by atoms with E-state index >= 15 is 0 Å². The maximum atomic E-state index is 13.8. The number of halogens is 2. The lowest BCUT2D eigenvalue weighted by atomic mass is 10.3. The average Bonchev–Trinajstić information content (AvgIpc) is 2.10. The molecular weight excluding hydrogens is 226 g/mol. The van der Waals surface area contributed by atoms with Crippen molar-refractivity contribution in [3.8, 4) is 5.75 Å². The predicted octanol–water partition coefficient (Wildman–Crippen LogP) is 3.30. The van der Waals surface area contributed by atoms with E-state index in [1.807, 2.05) is 19.6 Å². The van der Waals surface area contributed by atoms with Gasteiger partial charge >= 0.3 is 0 Å². The molecular formula is C12H18F2OSi. The van der Waals surface area contributed by atoms with Gasteiger partial charge in [-0.05, 0) is 25.1 Å². The standard InChI is InChI=1S/C12H18F2OSi/c1-8(2)15-9-6-7-10(16(3,4)5)12(14)11(9)13/h6-8H,1-5H3. The second-order valence-corrected chi connectivity index (χ2v) is 10.2. The van der Waals surface area contributed by atoms with Gasteiger partial charge in [0.25, 0.3) is 0 Å². The summed E-state index contributed by atoms with van der Waals surface area (Å²) in [6.07, 6.45) is -0.161. The second-order valence-electron chi connectivity index (χ2n) is 5.16. The minimum Gasteiger partial charge on any atom is -0.488 e. The number of hydrogen-bond acceptors (Lipinski definition) is 1. The van der Waals surface area contributed by atoms with Crippen molar-refractivity contribution < 1.29 is 13.5 Å². The van der Waals surface area contributed by atoms with Crippen LogP contribution in [0, 0.1) is 11.6 Å². The van der Waals surface area contributed by atoms with Crippen molar-refractivity contribution in [2.24, 2.45) is 0 Å². The zero-order valence-corrected chi connectivity index (χ0v) is 11.4. The minimum atomic E-state index is -1.84. The van der Waals surface area contributed by atoms with Gasteiger partial charge in [-0.1, -0.05) is 25.7 Å². The van der Waals surface area contributed by atoms with Crippen molar-refractivity contribution in [1.82, 2.24) is 0 Å². The van der Waals surface area contributed by atoms with Crippen molar-refractivity contribution in [1.29, 1.82) is 0 Å². The molecule has 0 aliphatic carbocycles. The summed E-state index contributed by atoms with van der Waals surface area (Å²) in [6, 6.07) is 3.16. The van der Waals surface area contributed by atoms with Crippen molar-refractivity contribution in [3.05, 3.63) is 23.8 Å². The van der Waals surface area contributed by atoms with Crippen LogP contribution in [0.2, 0.25) is 19.6 Å². The van der Waals surface area contributed by atoms with Crippen LogP contribution < -0.4 is 9.92 Å². The molecule has 0 aromatic heterocycles. The molecule has 1 rings (SSSR count). The molecule has 0 amide bonds. The molecule has 0 radical (unpaired) electrons. The van der Waals surface area contributed by atoms with Gasteiger partial charge < -0.3 is 4.74 Å². The van der Waals surface area contributed by atoms with E-state index in [1.54, 1.807) is 19.9 Å². The van der Waals surface area contributed by atoms with E-state index < -0.39 is 19.7 Å². The summed E-state index contributed by atoms with van der Waals surface area (Å²) in [5, 5.41) is 0.501. The van der Waals surface area contributed by atoms with Gasteiger partial charge in [-0.25, -0.2) is 4.39 Å². The molecule has 16 heavy (non-hydrogen) atoms. The summed E-state index contributed by atoms with van der Waals surface area (Å²) >= 11 is 0. The molecule has 0 aliphatic heterocycles. The van der Waals surface area contributed by atoms with Crippen LogP contribution in [0.15, 0.2) is 12.1 Å². The van der Waals surface area contributed by atoms with Gasteiger partial charge in [0, 0.05) is 0 Å². The lowest BCUT2D eigenvalue weighted by molar-refractivity contribution is 0.228. The Labute approximate surface area is 96.4 Å². The van der Waals surface area contributed by atoms with Crippen LogP contribution in [0.1, 0.15) is 13.8 Å². The first kappa shape index (κ1) is 13.2. The van der Waals surface area contributed by atoms with Gasteiger partial charge in [0.15, 0.2) is 17.4 Å². The molecule has 1 aromatic carbocycles. The van der Waals surface area contributed by atoms with Gasteiger partial charge in [-0.15, -0.1) is 0 Å². The lowest BCUT2D eigenvalue weighted by Crippen LogP contribution is -2.40. The van der Waals surface area contributed by atoms with Crippen molar-refractivity contribution in [2.75, 3.05) is 0 Å². The maximum absolute atomic E-state index is 13.8. The Morgan fingerprint density at radius 2 is 1.62 bits per heavy atom. The zero-order valence-electron chi connectivity index (χ0n) is 10.4. The third-order valence-electron chi connectivity index (χ3n) is 2.22. The monoisotopic (exact) mass is 244 g/mol. The molecule has 0 spiro atoms. The molecule has 1 nitrogen and oxygen atoms in total. The maximum Gasteiger partial charge on any atom is 0.200 e. The second kappa shape index (κ2) is 4.53. The number of hydrogen-bond donors (Lipinski definition) is 0. The zero-order chi connectivity index (χ0) is 12.5. The largest absolute Gasteiger partial charge is 0.488 e. The number of rotatable bonds is 3. The van der Waals surface area contributed by atoms with Crippen LogP contribution in [-0.4, -0.2) is 14.2 Å². The Morgan fingerprint density at radius 3 is 2.06 bits per heavy atom. The first-order valence-corrected chi connectivity index (χ1v) is 8.88. The Bertz CT molecular complexity index is 383. The first-order chi connectivity index (χ1) is 7.23. The number of ether oxygens (including phenoxy) is 1. The molecule has 90 valence electrons. The van der Waals surface area contributed by atoms with Crippen molar-refractivity contribution >= 4 is 13.3 Å². The normalized spacial score (nSPS) is 12.0. The van der Waals surface area contributed by atoms with Crippen LogP contribution in [0.4, 0.5) is 8.78 Å². The molecule has 0 bridgehead atoms. The molecule has 0 saturated carbocycles. The summed E-state index contributed by atoms with van der Waals surface area (Å²) in [4.78, 5) is 0. The Kier molecular flexibility index (Phi) is 3.73. The highest BCUT2D eigenvalue weighted by molar-refractivity contribution is 6.88. The molecule has 0 atom stereocenters. The Balaban J connectivity index is 3.19. The fourth-order valence-corrected chi connectivity index (χ4v) is 2.81. The van der Waals surface area contributed by atoms with E-state index in [0.29, 0.717) is 5.19 Å². The smallest absolute Gasteiger partial charge is 0.200 e. The summed E-state index contributed by atoms with van der Waals surface area (Å²) in [7, 11) is -1.84. The molecule has 1 aromatic rings. The predicted molar refractivity (Wildman–Crippen MR) is 65.1 cm³/mol. The van der Waals surface area contributed by atoms with Crippen LogP contribution >= 0.6 is 0 Å². The van der Waals surface area contributed by atoms with Crippen LogP contribution in [-0.2, 0) is 0 Å². The fourth-order valence-electron chi connectivity index (χ4n) is 1.46. The van der Waals surface area contributed by atoms with E-state index in [0.717, 1.165) is 0 Å². The molecule has 0 fully saturated rings. The van der Waals surface area contributed by atoms with Crippen LogP contribution in [0.3, 0.4) is 0 Å². The minimum absolute atomic E-state index is 0.00509. The van der Waals surface area contributed by atoms with E-state index in [2.05, 4.69) is 0 Å². The topological polar surface area (TPSA) is 9.23 Å². The van der Waals surface area contributed by atoms with E-state index in [9.17, 15) is 8.78 Å². The third kappa shape index (κ3) is 2.81. The van der Waals surface area contributed by atoms with Gasteiger partial charge in [-0.2, -0.15) is 4.39 Å². The van der Waals surface area contributed by atoms with E-state index in [4.69, 9.17) is 4.74 Å². The van der Waals surface area contributed by atoms with Gasteiger partial charge in [0.2, 0.25) is 0 Å². The SMILES string of the molecule is CC(C)Oc1ccc([Si](C)(C)C)c(F)c1F. The molecule has 0 aliphatic rings. The summed E-state index contributed by atoms with van der Waals surface area (Å²) in [5.41, 5.74) is 0. The molecule has 0 N–H and O–H groups in total. The van der Waals surface area contributed by atoms with Crippen molar-refractivity contribution in [3.63, 3.8) is 0 Å². The first-order valence-electron chi connectivity index (χ1n) is 5.38.